The number of ether oxygens (including phenoxy) is 3. The molecule has 0 spiro atoms. The third-order valence-electron chi connectivity index (χ3n) is 10.5. The normalized spacial score (nSPS) is 13.0. The Morgan fingerprint density at radius 2 is 0.609 bits per heavy atom. The first kappa shape index (κ1) is 60.1. The molecule has 0 N–H and O–H groups in total. The lowest BCUT2D eigenvalue weighted by molar-refractivity contribution is -0.167. The summed E-state index contributed by atoms with van der Waals surface area (Å²) < 4.78 is 16.7. The van der Waals surface area contributed by atoms with Crippen LogP contribution in [0.15, 0.2) is 109 Å². The van der Waals surface area contributed by atoms with Crippen LogP contribution in [0.2, 0.25) is 0 Å². The number of carbonyl (C=O) groups is 3. The number of hydrogen-bond acceptors (Lipinski definition) is 6. The molecule has 1 atom stereocenters. The van der Waals surface area contributed by atoms with E-state index in [9.17, 15) is 14.4 Å². The fourth-order valence-corrected chi connectivity index (χ4v) is 6.64. The van der Waals surface area contributed by atoms with E-state index in [1.165, 1.54) is 38.5 Å². The number of allylic oxidation sites excluding steroid dienone is 18. The summed E-state index contributed by atoms with van der Waals surface area (Å²) in [5.41, 5.74) is 0. The van der Waals surface area contributed by atoms with Crippen LogP contribution in [0.25, 0.3) is 0 Å². The van der Waals surface area contributed by atoms with Gasteiger partial charge in [-0.15, -0.1) is 0 Å². The lowest BCUT2D eigenvalue weighted by Gasteiger charge is -2.18. The number of esters is 3. The lowest BCUT2D eigenvalue weighted by Crippen LogP contribution is -2.30. The molecular weight excluding hydrogens is 793 g/mol. The lowest BCUT2D eigenvalue weighted by atomic mass is 10.1. The van der Waals surface area contributed by atoms with Crippen molar-refractivity contribution >= 4 is 17.9 Å². The standard InChI is InChI=1S/C58H94O6/c1-4-7-10-13-16-19-22-24-26-28-29-30-32-33-36-39-42-45-48-51-57(60)63-54-55(53-62-56(59)50-47-44-41-38-35-21-18-15-12-9-6-3)64-58(61)52-49-46-43-40-37-34-31-27-25-23-20-17-14-11-8-5-2/h7-8,10-11,15-20,24-27,29-30,34,37,55H,4-6,9,12-14,21-23,28,31-33,35-36,38-54H2,1-3H3/b10-7-,11-8-,18-15-,19-16-,20-17-,26-24-,27-25-,30-29-,37-34-. The molecule has 0 aromatic heterocycles. The van der Waals surface area contributed by atoms with E-state index in [2.05, 4.69) is 130 Å². The zero-order valence-electron chi connectivity index (χ0n) is 41.3. The van der Waals surface area contributed by atoms with Gasteiger partial charge in [-0.05, 0) is 116 Å². The Balaban J connectivity index is 4.46. The third-order valence-corrected chi connectivity index (χ3v) is 10.5. The SMILES string of the molecule is CC/C=C\C/C=C\C/C=C\C/C=C\CCCCCCCCC(=O)OCC(COC(=O)CCCCCCC/C=C\CCCC)OC(=O)CCCCC/C=C\C/C=C\C/C=C\C/C=C\CC. The smallest absolute Gasteiger partial charge is 0.306 e. The van der Waals surface area contributed by atoms with Crippen LogP contribution in [0, 0.1) is 0 Å². The molecule has 362 valence electrons. The molecule has 1 unspecified atom stereocenters. The molecule has 0 saturated heterocycles. The van der Waals surface area contributed by atoms with Crippen molar-refractivity contribution in [3.8, 4) is 0 Å². The quantitative estimate of drug-likeness (QED) is 0.0262. The average molecular weight is 887 g/mol. The van der Waals surface area contributed by atoms with Crippen molar-refractivity contribution in [3.05, 3.63) is 109 Å². The van der Waals surface area contributed by atoms with Gasteiger partial charge in [-0.3, -0.25) is 14.4 Å². The molecule has 0 fully saturated rings. The Labute approximate surface area is 393 Å². The fraction of sp³-hybridized carbons (Fsp3) is 0.638. The zero-order chi connectivity index (χ0) is 46.5. The van der Waals surface area contributed by atoms with Crippen molar-refractivity contribution in [3.63, 3.8) is 0 Å². The Hall–Kier alpha value is -3.93. The summed E-state index contributed by atoms with van der Waals surface area (Å²) in [6.45, 7) is 6.31. The first-order valence-electron chi connectivity index (χ1n) is 25.9. The van der Waals surface area contributed by atoms with Crippen LogP contribution in [0.3, 0.4) is 0 Å². The van der Waals surface area contributed by atoms with Gasteiger partial charge in [0.2, 0.25) is 0 Å². The van der Waals surface area contributed by atoms with E-state index in [1.807, 2.05) is 0 Å². The molecule has 0 radical (unpaired) electrons. The molecule has 0 bridgehead atoms. The van der Waals surface area contributed by atoms with Crippen LogP contribution < -0.4 is 0 Å². The average Bonchev–Trinajstić information content (AvgIpc) is 3.29. The predicted octanol–water partition coefficient (Wildman–Crippen LogP) is 17.1. The second-order valence-corrected chi connectivity index (χ2v) is 16.7. The molecule has 0 aliphatic heterocycles. The first-order chi connectivity index (χ1) is 31.5. The summed E-state index contributed by atoms with van der Waals surface area (Å²) in [6, 6.07) is 0. The van der Waals surface area contributed by atoms with Gasteiger partial charge in [0, 0.05) is 19.3 Å². The first-order valence-corrected chi connectivity index (χ1v) is 25.9. The minimum Gasteiger partial charge on any atom is -0.462 e. The highest BCUT2D eigenvalue weighted by molar-refractivity contribution is 5.71. The van der Waals surface area contributed by atoms with Gasteiger partial charge >= 0.3 is 17.9 Å². The van der Waals surface area contributed by atoms with E-state index in [1.54, 1.807) is 0 Å². The summed E-state index contributed by atoms with van der Waals surface area (Å²) in [6.07, 6.45) is 69.3. The summed E-state index contributed by atoms with van der Waals surface area (Å²) in [4.78, 5) is 38.0. The molecule has 0 amide bonds. The van der Waals surface area contributed by atoms with Gasteiger partial charge in [-0.2, -0.15) is 0 Å². The fourth-order valence-electron chi connectivity index (χ4n) is 6.64. The van der Waals surface area contributed by atoms with Crippen LogP contribution >= 0.6 is 0 Å². The van der Waals surface area contributed by atoms with Crippen molar-refractivity contribution in [2.45, 2.75) is 226 Å². The molecule has 0 heterocycles. The highest BCUT2D eigenvalue weighted by atomic mass is 16.6. The van der Waals surface area contributed by atoms with Crippen molar-refractivity contribution in [2.75, 3.05) is 13.2 Å². The van der Waals surface area contributed by atoms with E-state index < -0.39 is 6.10 Å². The van der Waals surface area contributed by atoms with E-state index >= 15 is 0 Å². The van der Waals surface area contributed by atoms with Crippen LogP contribution in [-0.2, 0) is 28.6 Å². The summed E-state index contributed by atoms with van der Waals surface area (Å²) in [7, 11) is 0. The minimum absolute atomic E-state index is 0.102. The molecule has 0 aromatic rings. The van der Waals surface area contributed by atoms with Crippen molar-refractivity contribution in [1.29, 1.82) is 0 Å². The molecular formula is C58H94O6. The van der Waals surface area contributed by atoms with Gasteiger partial charge in [0.1, 0.15) is 13.2 Å². The Morgan fingerprint density at radius 1 is 0.328 bits per heavy atom. The van der Waals surface area contributed by atoms with Gasteiger partial charge in [0.25, 0.3) is 0 Å². The Morgan fingerprint density at radius 3 is 0.984 bits per heavy atom. The van der Waals surface area contributed by atoms with Crippen molar-refractivity contribution in [2.24, 2.45) is 0 Å². The topological polar surface area (TPSA) is 78.9 Å². The number of hydrogen-bond donors (Lipinski definition) is 0. The summed E-state index contributed by atoms with van der Waals surface area (Å²) >= 11 is 0. The van der Waals surface area contributed by atoms with Crippen LogP contribution in [-0.4, -0.2) is 37.2 Å². The minimum atomic E-state index is -0.805. The van der Waals surface area contributed by atoms with Crippen molar-refractivity contribution in [1.82, 2.24) is 0 Å². The van der Waals surface area contributed by atoms with Gasteiger partial charge in [-0.25, -0.2) is 0 Å². The van der Waals surface area contributed by atoms with Gasteiger partial charge in [0.15, 0.2) is 6.10 Å². The van der Waals surface area contributed by atoms with E-state index in [-0.39, 0.29) is 37.5 Å². The molecule has 0 aliphatic rings. The maximum atomic E-state index is 12.8. The number of unbranched alkanes of at least 4 members (excludes halogenated alkanes) is 16. The van der Waals surface area contributed by atoms with Gasteiger partial charge < -0.3 is 14.2 Å². The molecule has 64 heavy (non-hydrogen) atoms. The number of rotatable bonds is 45. The molecule has 6 nitrogen and oxygen atoms in total. The summed E-state index contributed by atoms with van der Waals surface area (Å²) in [5.74, 6) is -0.963. The van der Waals surface area contributed by atoms with E-state index in [4.69, 9.17) is 14.2 Å². The zero-order valence-corrected chi connectivity index (χ0v) is 41.3. The molecule has 0 aromatic carbocycles. The van der Waals surface area contributed by atoms with Crippen molar-refractivity contribution < 1.29 is 28.6 Å². The highest BCUT2D eigenvalue weighted by Gasteiger charge is 2.19. The van der Waals surface area contributed by atoms with Crippen LogP contribution in [0.4, 0.5) is 0 Å². The third kappa shape index (κ3) is 49.1. The second-order valence-electron chi connectivity index (χ2n) is 16.7. The van der Waals surface area contributed by atoms with E-state index in [0.29, 0.717) is 12.8 Å². The Kier molecular flexibility index (Phi) is 48.5. The summed E-state index contributed by atoms with van der Waals surface area (Å²) in [5, 5.41) is 0. The highest BCUT2D eigenvalue weighted by Crippen LogP contribution is 2.13. The predicted molar refractivity (Wildman–Crippen MR) is 274 cm³/mol. The molecule has 0 saturated carbocycles. The largest absolute Gasteiger partial charge is 0.462 e. The maximum Gasteiger partial charge on any atom is 0.306 e. The molecule has 0 aliphatic carbocycles. The van der Waals surface area contributed by atoms with Gasteiger partial charge in [0.05, 0.1) is 0 Å². The maximum absolute atomic E-state index is 12.8. The van der Waals surface area contributed by atoms with E-state index in [0.717, 1.165) is 141 Å². The second kappa shape index (κ2) is 51.7. The van der Waals surface area contributed by atoms with Crippen LogP contribution in [0.5, 0.6) is 0 Å². The molecule has 0 rings (SSSR count). The molecule has 6 heteroatoms. The monoisotopic (exact) mass is 887 g/mol. The van der Waals surface area contributed by atoms with Gasteiger partial charge in [-0.1, -0.05) is 194 Å². The van der Waals surface area contributed by atoms with Crippen LogP contribution in [0.1, 0.15) is 220 Å². The Bertz CT molecular complexity index is 1340. The number of carbonyl (C=O) groups excluding carboxylic acids is 3.